The van der Waals surface area contributed by atoms with Crippen molar-refractivity contribution >= 4 is 33.4 Å². The Morgan fingerprint density at radius 1 is 0.976 bits per heavy atom. The van der Waals surface area contributed by atoms with Crippen LogP contribution in [0, 0.1) is 5.82 Å². The third-order valence-corrected chi connectivity index (χ3v) is 9.40. The van der Waals surface area contributed by atoms with Crippen LogP contribution in [-0.4, -0.2) is 72.5 Å². The number of aromatic nitrogens is 1. The smallest absolute Gasteiger partial charge is 0.255 e. The molecule has 0 bridgehead atoms. The Bertz CT molecular complexity index is 1630. The van der Waals surface area contributed by atoms with Gasteiger partial charge in [0, 0.05) is 57.0 Å². The van der Waals surface area contributed by atoms with E-state index in [1.54, 1.807) is 47.5 Å². The highest BCUT2D eigenvalue weighted by atomic mass is 32.2. The van der Waals surface area contributed by atoms with Crippen LogP contribution in [0.15, 0.2) is 65.7 Å². The summed E-state index contributed by atoms with van der Waals surface area (Å²) in [5.41, 5.74) is 1.04. The number of piperazine rings is 1. The zero-order valence-corrected chi connectivity index (χ0v) is 22.6. The van der Waals surface area contributed by atoms with Crippen molar-refractivity contribution in [3.63, 3.8) is 0 Å². The van der Waals surface area contributed by atoms with E-state index in [4.69, 9.17) is 4.74 Å². The third kappa shape index (κ3) is 5.13. The van der Waals surface area contributed by atoms with Crippen LogP contribution in [0.3, 0.4) is 0 Å². The van der Waals surface area contributed by atoms with Crippen LogP contribution in [0.4, 0.5) is 10.1 Å². The Morgan fingerprint density at radius 3 is 2.41 bits per heavy atom. The Morgan fingerprint density at radius 2 is 1.73 bits per heavy atom. The number of hydrogen-bond donors (Lipinski definition) is 1. The summed E-state index contributed by atoms with van der Waals surface area (Å²) in [4.78, 5) is 44.1. The van der Waals surface area contributed by atoms with Crippen molar-refractivity contribution in [2.75, 3.05) is 31.1 Å². The van der Waals surface area contributed by atoms with Crippen molar-refractivity contribution < 1.29 is 31.9 Å². The number of imide groups is 1. The number of fused-ring (bicyclic) bond motifs is 1. The van der Waals surface area contributed by atoms with E-state index in [0.717, 1.165) is 0 Å². The van der Waals surface area contributed by atoms with Gasteiger partial charge in [0.15, 0.2) is 0 Å². The van der Waals surface area contributed by atoms with E-state index < -0.39 is 33.7 Å². The second kappa shape index (κ2) is 10.6. The number of hydrogen-bond acceptors (Lipinski definition) is 8. The van der Waals surface area contributed by atoms with Crippen molar-refractivity contribution in [2.24, 2.45) is 0 Å². The minimum Gasteiger partial charge on any atom is -0.439 e. The van der Waals surface area contributed by atoms with Crippen molar-refractivity contribution in [1.82, 2.24) is 19.5 Å². The summed E-state index contributed by atoms with van der Waals surface area (Å²) in [6.45, 7) is 0.919. The molecule has 2 aromatic carbocycles. The van der Waals surface area contributed by atoms with Crippen molar-refractivity contribution in [1.29, 1.82) is 0 Å². The van der Waals surface area contributed by atoms with E-state index in [1.807, 2.05) is 0 Å². The quantitative estimate of drug-likeness (QED) is 0.441. The van der Waals surface area contributed by atoms with E-state index in [0.29, 0.717) is 17.2 Å². The molecule has 0 saturated carbocycles. The molecule has 3 aromatic rings. The van der Waals surface area contributed by atoms with Crippen molar-refractivity contribution in [3.8, 4) is 11.6 Å². The number of carbonyl (C=O) groups is 3. The molecular weight excluding hydrogens is 553 g/mol. The van der Waals surface area contributed by atoms with Gasteiger partial charge in [-0.15, -0.1) is 0 Å². The lowest BCUT2D eigenvalue weighted by atomic mass is 10.0. The van der Waals surface area contributed by atoms with Gasteiger partial charge >= 0.3 is 0 Å². The Labute approximate surface area is 235 Å². The number of nitrogens with zero attached hydrogens (tertiary/aromatic N) is 4. The normalized spacial score (nSPS) is 19.7. The first kappa shape index (κ1) is 26.8. The largest absolute Gasteiger partial charge is 0.439 e. The van der Waals surface area contributed by atoms with Gasteiger partial charge in [0.25, 0.3) is 5.91 Å². The van der Waals surface area contributed by atoms with Gasteiger partial charge in [-0.05, 0) is 54.4 Å². The van der Waals surface area contributed by atoms with Gasteiger partial charge in [0.1, 0.15) is 17.6 Å². The second-order valence-corrected chi connectivity index (χ2v) is 11.9. The zero-order chi connectivity index (χ0) is 28.7. The van der Waals surface area contributed by atoms with Gasteiger partial charge in [-0.2, -0.15) is 4.31 Å². The minimum absolute atomic E-state index is 0.120. The number of sulfonamides is 1. The van der Waals surface area contributed by atoms with Gasteiger partial charge in [-0.1, -0.05) is 6.07 Å². The van der Waals surface area contributed by atoms with E-state index >= 15 is 4.39 Å². The molecule has 2 saturated heterocycles. The predicted octanol–water partition coefficient (Wildman–Crippen LogP) is 2.28. The number of anilines is 1. The van der Waals surface area contributed by atoms with E-state index in [1.165, 1.54) is 27.4 Å². The van der Waals surface area contributed by atoms with E-state index in [9.17, 15) is 22.8 Å². The first-order valence-electron chi connectivity index (χ1n) is 13.1. The Kier molecular flexibility index (Phi) is 6.91. The Balaban J connectivity index is 1.12. The summed E-state index contributed by atoms with van der Waals surface area (Å²) in [5.74, 6) is -1.11. The standard InChI is InChI=1S/C28H26FN5O6S/c29-22-16-21-18(17-34(28(21)37)23-8-9-25(35)31-27(23)36)15-24(22)32-11-13-33(14-12-32)41(38,39)20-6-4-19(5-7-20)40-26-3-1-2-10-30-26/h1-7,10,15-16,23H,8-9,11-14,17H2,(H,31,35,36). The number of carbonyl (C=O) groups excluding carboxylic acids is 3. The third-order valence-electron chi connectivity index (χ3n) is 7.49. The SMILES string of the molecule is O=C1CCC(N2Cc3cc(N4CCN(S(=O)(=O)c5ccc(Oc6ccccn6)cc5)CC4)c(F)cc3C2=O)C(=O)N1. The molecule has 1 aromatic heterocycles. The van der Waals surface area contributed by atoms with E-state index in [2.05, 4.69) is 10.3 Å². The summed E-state index contributed by atoms with van der Waals surface area (Å²) in [6.07, 6.45) is 1.95. The molecule has 13 heteroatoms. The molecule has 41 heavy (non-hydrogen) atoms. The monoisotopic (exact) mass is 579 g/mol. The number of benzene rings is 2. The summed E-state index contributed by atoms with van der Waals surface area (Å²) < 4.78 is 48.7. The van der Waals surface area contributed by atoms with Crippen molar-refractivity contribution in [2.45, 2.75) is 30.3 Å². The molecular formula is C28H26FN5O6S. The summed E-state index contributed by atoms with van der Waals surface area (Å²) >= 11 is 0. The van der Waals surface area contributed by atoms with Crippen LogP contribution in [0.1, 0.15) is 28.8 Å². The molecule has 1 N–H and O–H groups in total. The molecule has 2 fully saturated rings. The number of amides is 3. The van der Waals surface area contributed by atoms with Crippen LogP contribution in [-0.2, 0) is 26.2 Å². The molecule has 212 valence electrons. The molecule has 3 aliphatic rings. The summed E-state index contributed by atoms with van der Waals surface area (Å²) in [5, 5.41) is 2.25. The number of nitrogens with one attached hydrogen (secondary N) is 1. The lowest BCUT2D eigenvalue weighted by Crippen LogP contribution is -2.52. The highest BCUT2D eigenvalue weighted by Crippen LogP contribution is 2.33. The topological polar surface area (TPSA) is 129 Å². The first-order chi connectivity index (χ1) is 19.7. The number of pyridine rings is 1. The minimum atomic E-state index is -3.78. The predicted molar refractivity (Wildman–Crippen MR) is 144 cm³/mol. The molecule has 0 aliphatic carbocycles. The molecule has 3 aliphatic heterocycles. The van der Waals surface area contributed by atoms with Gasteiger partial charge in [0.2, 0.25) is 27.7 Å². The second-order valence-electron chi connectivity index (χ2n) is 9.99. The number of halogens is 1. The Hall–Kier alpha value is -4.36. The molecule has 6 rings (SSSR count). The highest BCUT2D eigenvalue weighted by Gasteiger charge is 2.40. The summed E-state index contributed by atoms with van der Waals surface area (Å²) in [6, 6.07) is 13.3. The van der Waals surface area contributed by atoms with Crippen molar-refractivity contribution in [3.05, 3.63) is 77.7 Å². The lowest BCUT2D eigenvalue weighted by Gasteiger charge is -2.35. The first-order valence-corrected chi connectivity index (χ1v) is 14.6. The average Bonchev–Trinajstić information content (AvgIpc) is 3.28. The highest BCUT2D eigenvalue weighted by molar-refractivity contribution is 7.89. The maximum Gasteiger partial charge on any atom is 0.255 e. The van der Waals surface area contributed by atoms with Gasteiger partial charge in [-0.3, -0.25) is 19.7 Å². The van der Waals surface area contributed by atoms with Crippen LogP contribution in [0.5, 0.6) is 11.6 Å². The molecule has 4 heterocycles. The fourth-order valence-corrected chi connectivity index (χ4v) is 6.77. The number of ether oxygens (including phenoxy) is 1. The molecule has 1 atom stereocenters. The maximum atomic E-state index is 15.2. The van der Waals surface area contributed by atoms with Crippen LogP contribution in [0.2, 0.25) is 0 Å². The molecule has 11 nitrogen and oxygen atoms in total. The van der Waals surface area contributed by atoms with Gasteiger partial charge in [-0.25, -0.2) is 17.8 Å². The van der Waals surface area contributed by atoms with Crippen LogP contribution < -0.4 is 15.0 Å². The average molecular weight is 580 g/mol. The molecule has 0 spiro atoms. The molecule has 3 amide bonds. The lowest BCUT2D eigenvalue weighted by molar-refractivity contribution is -0.136. The van der Waals surface area contributed by atoms with Crippen LogP contribution >= 0.6 is 0 Å². The number of piperidine rings is 1. The zero-order valence-electron chi connectivity index (χ0n) is 21.8. The summed E-state index contributed by atoms with van der Waals surface area (Å²) in [7, 11) is -3.78. The van der Waals surface area contributed by atoms with E-state index in [-0.39, 0.29) is 67.6 Å². The van der Waals surface area contributed by atoms with Gasteiger partial charge in [0.05, 0.1) is 10.6 Å². The fourth-order valence-electron chi connectivity index (χ4n) is 5.34. The number of rotatable bonds is 6. The molecule has 1 unspecified atom stereocenters. The van der Waals surface area contributed by atoms with Crippen LogP contribution in [0.25, 0.3) is 0 Å². The fraction of sp³-hybridized carbons (Fsp3) is 0.286. The molecule has 0 radical (unpaired) electrons. The van der Waals surface area contributed by atoms with Gasteiger partial charge < -0.3 is 14.5 Å². The maximum absolute atomic E-state index is 15.2.